The summed E-state index contributed by atoms with van der Waals surface area (Å²) in [6.07, 6.45) is -10.7. The summed E-state index contributed by atoms with van der Waals surface area (Å²) in [5, 5.41) is 27.8. The number of nitrogens with zero attached hydrogens (tertiary/aromatic N) is 2. The molecule has 16 heteroatoms. The average molecular weight is 1230 g/mol. The molecule has 0 heterocycles. The normalized spacial score (nSPS) is 12.9. The first-order valence-electron chi connectivity index (χ1n) is 28.5. The SMILES string of the molecule is N#Cc1c2ccccc2c(OP(OB(Oc2cc(C(F)(F)F)cc(C(F)(F)F)c2)OP(Oc2c3ccccc3c(C#N)c3ccccc23)(c2ccccc2)(c2ccccc2)c2ccccc2)(c2ccccc2)(c2ccccc2)c2ccccc2)c2ccccc12. The number of hydrogen-bond donors (Lipinski definition) is 0. The average Bonchev–Trinajstić information content (AvgIpc) is 0.686. The van der Waals surface area contributed by atoms with E-state index in [1.165, 1.54) is 0 Å². The second kappa shape index (κ2) is 23.0. The van der Waals surface area contributed by atoms with Gasteiger partial charge in [-0.3, -0.25) is 0 Å². The monoisotopic (exact) mass is 1230 g/mol. The Hall–Kier alpha value is -10.3. The summed E-state index contributed by atoms with van der Waals surface area (Å²) < 4.78 is 133. The van der Waals surface area contributed by atoms with Crippen LogP contribution in [0.2, 0.25) is 0 Å². The Morgan fingerprint density at radius 1 is 0.300 bits per heavy atom. The van der Waals surface area contributed by atoms with Crippen molar-refractivity contribution in [1.29, 1.82) is 10.5 Å². The van der Waals surface area contributed by atoms with E-state index < -0.39 is 50.7 Å². The molecule has 13 aromatic carbocycles. The van der Waals surface area contributed by atoms with Gasteiger partial charge in [-0.05, 0) is 0 Å². The fourth-order valence-corrected chi connectivity index (χ4v) is 21.8. The summed E-state index contributed by atoms with van der Waals surface area (Å²) in [6.45, 7) is 0. The van der Waals surface area contributed by atoms with Gasteiger partial charge in [-0.15, -0.1) is 0 Å². The van der Waals surface area contributed by atoms with Crippen molar-refractivity contribution in [3.05, 3.63) is 320 Å². The van der Waals surface area contributed by atoms with E-state index in [1.807, 2.05) is 24.3 Å². The molecule has 0 fully saturated rings. The molecule has 13 aromatic rings. The molecule has 90 heavy (non-hydrogen) atoms. The Morgan fingerprint density at radius 3 is 0.744 bits per heavy atom. The number of rotatable bonds is 16. The minimum absolute atomic E-state index is 0.0217. The van der Waals surface area contributed by atoms with Gasteiger partial charge < -0.3 is 0 Å². The molecular weight excluding hydrogens is 1180 g/mol. The van der Waals surface area contributed by atoms with Crippen molar-refractivity contribution in [2.24, 2.45) is 0 Å². The van der Waals surface area contributed by atoms with Crippen molar-refractivity contribution in [2.75, 3.05) is 0 Å². The fourth-order valence-electron chi connectivity index (χ4n) is 12.3. The van der Waals surface area contributed by atoms with Crippen molar-refractivity contribution in [2.45, 2.75) is 12.4 Å². The van der Waals surface area contributed by atoms with Gasteiger partial charge >= 0.3 is 517 Å². The molecule has 7 nitrogen and oxygen atoms in total. The topological polar surface area (TPSA) is 93.7 Å². The molecule has 0 unspecified atom stereocenters. The number of alkyl halides is 6. The number of halogens is 6. The summed E-state index contributed by atoms with van der Waals surface area (Å²) in [5.74, 6) is -0.558. The van der Waals surface area contributed by atoms with Gasteiger partial charge in [0.2, 0.25) is 0 Å². The molecule has 0 saturated heterocycles. The molecule has 0 radical (unpaired) electrons. The van der Waals surface area contributed by atoms with Gasteiger partial charge in [0, 0.05) is 0 Å². The van der Waals surface area contributed by atoms with Gasteiger partial charge in [-0.2, -0.15) is 0 Å². The molecule has 0 spiro atoms. The van der Waals surface area contributed by atoms with Crippen LogP contribution in [0.15, 0.2) is 297 Å². The van der Waals surface area contributed by atoms with Crippen molar-refractivity contribution in [3.63, 3.8) is 0 Å². The van der Waals surface area contributed by atoms with Gasteiger partial charge in [-0.25, -0.2) is 0 Å². The Balaban J connectivity index is 1.24. The van der Waals surface area contributed by atoms with Crippen molar-refractivity contribution in [1.82, 2.24) is 0 Å². The molecule has 0 aliphatic heterocycles. The van der Waals surface area contributed by atoms with Crippen LogP contribution >= 0.6 is 14.1 Å². The van der Waals surface area contributed by atoms with Crippen LogP contribution in [0.1, 0.15) is 22.3 Å². The number of benzene rings is 13. The molecule has 0 N–H and O–H groups in total. The molecule has 0 bridgehead atoms. The molecular formula is C74H49BF6N2O5P2. The fraction of sp³-hybridized carbons (Fsp3) is 0.0270. The maximum atomic E-state index is 15.4. The van der Waals surface area contributed by atoms with E-state index in [0.717, 1.165) is 0 Å². The van der Waals surface area contributed by atoms with E-state index in [4.69, 9.17) is 22.6 Å². The van der Waals surface area contributed by atoms with Crippen molar-refractivity contribution >= 4 is 96.4 Å². The molecule has 0 saturated carbocycles. The third-order valence-corrected chi connectivity index (χ3v) is 25.9. The van der Waals surface area contributed by atoms with Crippen molar-refractivity contribution < 1.29 is 48.9 Å². The van der Waals surface area contributed by atoms with Crippen LogP contribution in [0.5, 0.6) is 17.2 Å². The molecule has 13 rings (SSSR count). The third kappa shape index (κ3) is 9.65. The second-order valence-corrected chi connectivity index (χ2v) is 29.0. The van der Waals surface area contributed by atoms with E-state index in [2.05, 4.69) is 12.1 Å². The molecule has 0 aromatic heterocycles. The third-order valence-electron chi connectivity index (χ3n) is 16.2. The van der Waals surface area contributed by atoms with Crippen LogP contribution in [0.3, 0.4) is 0 Å². The Kier molecular flexibility index (Phi) is 15.0. The quantitative estimate of drug-likeness (QED) is 0.0412. The molecule has 0 atom stereocenters. The summed E-state index contributed by atoms with van der Waals surface area (Å²) >= 11 is 0. The van der Waals surface area contributed by atoms with Gasteiger partial charge in [-0.1, -0.05) is 0 Å². The first kappa shape index (κ1) is 58.7. The maximum absolute atomic E-state index is 15.4. The van der Waals surface area contributed by atoms with Crippen LogP contribution < -0.4 is 45.5 Å². The minimum atomic E-state index is -5.85. The van der Waals surface area contributed by atoms with Gasteiger partial charge in [0.1, 0.15) is 0 Å². The predicted octanol–water partition coefficient (Wildman–Crippen LogP) is 17.4. The van der Waals surface area contributed by atoms with E-state index in [1.54, 1.807) is 255 Å². The standard InChI is InChI=1S/C74H49BF6N2O5P2/c76-73(77,78)52-47-53(74(79,80)81)49-54(48-52)84-75(87-89(55-27-7-1-8-28-55,56-29-9-2-10-30-56,57-31-11-3-12-32-57)85-71-65-43-23-19-39-61(65)69(50-82)62-40-20-24-44-66(62)71)88-90(58-33-13-4-14-34-58,59-35-15-5-16-36-59,60-37-17-6-18-38-60)86-72-67-45-25-21-41-63(67)70(51-83)64-42-22-26-46-68(64)72/h1-49H. The van der Waals surface area contributed by atoms with E-state index in [-0.39, 0.29) is 17.6 Å². The predicted molar refractivity (Wildman–Crippen MR) is 349 cm³/mol. The second-order valence-electron chi connectivity index (χ2n) is 21.3. The number of fused-ring (bicyclic) bond motifs is 4. The van der Waals surface area contributed by atoms with Crippen LogP contribution in [-0.4, -0.2) is 7.32 Å². The van der Waals surface area contributed by atoms with E-state index >= 15 is 26.3 Å². The Bertz CT molecular complexity index is 4310. The first-order valence-corrected chi connectivity index (χ1v) is 32.6. The Labute approximate surface area is 514 Å². The number of hydrogen-bond acceptors (Lipinski definition) is 7. The summed E-state index contributed by atoms with van der Waals surface area (Å²) in [5.41, 5.74) is -2.67. The zero-order chi connectivity index (χ0) is 62.2. The summed E-state index contributed by atoms with van der Waals surface area (Å²) in [4.78, 5) is 0. The van der Waals surface area contributed by atoms with Crippen LogP contribution in [0.4, 0.5) is 26.3 Å². The molecule has 0 amide bonds. The Morgan fingerprint density at radius 2 is 0.522 bits per heavy atom. The summed E-state index contributed by atoms with van der Waals surface area (Å²) in [7, 11) is -14.2. The summed E-state index contributed by atoms with van der Waals surface area (Å²) in [6, 6.07) is 88.0. The molecule has 440 valence electrons. The van der Waals surface area contributed by atoms with E-state index in [9.17, 15) is 10.5 Å². The van der Waals surface area contributed by atoms with Gasteiger partial charge in [0.15, 0.2) is 0 Å². The number of nitriles is 2. The zero-order valence-electron chi connectivity index (χ0n) is 47.5. The van der Waals surface area contributed by atoms with Crippen molar-refractivity contribution in [3.8, 4) is 29.4 Å². The van der Waals surface area contributed by atoms with Crippen LogP contribution in [0.25, 0.3) is 43.1 Å². The van der Waals surface area contributed by atoms with E-state index in [0.29, 0.717) is 98.2 Å². The molecule has 0 aliphatic carbocycles. The van der Waals surface area contributed by atoms with Gasteiger partial charge in [0.05, 0.1) is 0 Å². The van der Waals surface area contributed by atoms with Gasteiger partial charge in [0.25, 0.3) is 0 Å². The zero-order valence-corrected chi connectivity index (χ0v) is 49.3. The molecule has 0 aliphatic rings. The van der Waals surface area contributed by atoms with Crippen LogP contribution in [-0.2, 0) is 21.2 Å². The van der Waals surface area contributed by atoms with Crippen LogP contribution in [0, 0.1) is 22.7 Å². The first-order chi connectivity index (χ1) is 43.7.